The Kier molecular flexibility index (Phi) is 7.14. The van der Waals surface area contributed by atoms with Crippen LogP contribution in [0.2, 0.25) is 5.02 Å². The Morgan fingerprint density at radius 3 is 2.63 bits per heavy atom. The molecular formula is C24H25ClF3N3O4. The second-order valence-electron chi connectivity index (χ2n) is 8.77. The minimum absolute atomic E-state index is 0.0277. The van der Waals surface area contributed by atoms with Crippen LogP contribution in [0.4, 0.5) is 18.0 Å². The molecule has 0 aromatic heterocycles. The van der Waals surface area contributed by atoms with Crippen LogP contribution in [-0.4, -0.2) is 59.2 Å². The molecule has 2 aromatic carbocycles. The molecule has 2 aliphatic rings. The number of hydrogen-bond donors (Lipinski definition) is 2. The van der Waals surface area contributed by atoms with E-state index in [9.17, 15) is 27.9 Å². The van der Waals surface area contributed by atoms with E-state index < -0.39 is 36.0 Å². The number of urea groups is 1. The van der Waals surface area contributed by atoms with Gasteiger partial charge >= 0.3 is 12.2 Å². The van der Waals surface area contributed by atoms with Crippen molar-refractivity contribution in [3.8, 4) is 5.75 Å². The number of benzene rings is 2. The fourth-order valence-electron chi connectivity index (χ4n) is 4.42. The molecule has 3 unspecified atom stereocenters. The minimum Gasteiger partial charge on any atom is -0.493 e. The first-order chi connectivity index (χ1) is 16.5. The van der Waals surface area contributed by atoms with Crippen LogP contribution in [0.15, 0.2) is 42.5 Å². The molecule has 1 saturated heterocycles. The third-order valence-corrected chi connectivity index (χ3v) is 6.46. The number of nitrogens with zero attached hydrogens (tertiary/aromatic N) is 2. The molecule has 7 nitrogen and oxygen atoms in total. The van der Waals surface area contributed by atoms with Gasteiger partial charge in [0.2, 0.25) is 5.91 Å². The average Bonchev–Trinajstić information content (AvgIpc) is 3.21. The van der Waals surface area contributed by atoms with Crippen LogP contribution in [0.5, 0.6) is 5.75 Å². The largest absolute Gasteiger partial charge is 0.493 e. The number of β-amino-alcohol motifs (C(OH)–C–C–N with tert-alkyl or cyclic N) is 1. The molecule has 1 fully saturated rings. The lowest BCUT2D eigenvalue weighted by molar-refractivity contribution is -0.137. The summed E-state index contributed by atoms with van der Waals surface area (Å²) in [5.41, 5.74) is 0.456. The van der Waals surface area contributed by atoms with Crippen molar-refractivity contribution in [2.75, 3.05) is 20.2 Å². The van der Waals surface area contributed by atoms with Gasteiger partial charge in [-0.3, -0.25) is 4.79 Å². The Balaban J connectivity index is 1.46. The van der Waals surface area contributed by atoms with Gasteiger partial charge in [0, 0.05) is 43.6 Å². The summed E-state index contributed by atoms with van der Waals surface area (Å²) in [6.07, 6.45) is -4.92. The quantitative estimate of drug-likeness (QED) is 0.650. The number of likely N-dealkylation sites (N-methyl/N-ethyl adjacent to an activating group) is 1. The standard InChI is InChI=1S/C24H25ClF3N3O4/c1-30(12-14-2-5-16(25)6-3-14)22(33)20-11-17(32)13-31(20)23(34)29-19-8-9-35-21-10-15(24(26,27)28)4-7-18(19)21/h2-7,10,17,19-20,32H,8-9,11-13H2,1H3,(H,29,34). The lowest BCUT2D eigenvalue weighted by Gasteiger charge is -2.32. The van der Waals surface area contributed by atoms with Gasteiger partial charge in [0.1, 0.15) is 11.8 Å². The van der Waals surface area contributed by atoms with Gasteiger partial charge in [-0.25, -0.2) is 4.79 Å². The highest BCUT2D eigenvalue weighted by Crippen LogP contribution is 2.38. The SMILES string of the molecule is CN(Cc1ccc(Cl)cc1)C(=O)C1CC(O)CN1C(=O)NC1CCOc2cc(C(F)(F)F)ccc21. The zero-order valence-corrected chi connectivity index (χ0v) is 19.6. The van der Waals surface area contributed by atoms with Crippen molar-refractivity contribution in [1.29, 1.82) is 0 Å². The van der Waals surface area contributed by atoms with Crippen LogP contribution in [0.1, 0.15) is 35.6 Å². The summed E-state index contributed by atoms with van der Waals surface area (Å²) < 4.78 is 44.5. The number of carbonyl (C=O) groups is 2. The van der Waals surface area contributed by atoms with Gasteiger partial charge in [-0.1, -0.05) is 29.8 Å². The van der Waals surface area contributed by atoms with Gasteiger partial charge in [-0.15, -0.1) is 0 Å². The number of likely N-dealkylation sites (tertiary alicyclic amines) is 1. The van der Waals surface area contributed by atoms with Crippen molar-refractivity contribution in [3.63, 3.8) is 0 Å². The Hall–Kier alpha value is -2.98. The van der Waals surface area contributed by atoms with E-state index in [1.54, 1.807) is 31.3 Å². The number of rotatable bonds is 4. The molecular weight excluding hydrogens is 487 g/mol. The number of fused-ring (bicyclic) bond motifs is 1. The monoisotopic (exact) mass is 511 g/mol. The van der Waals surface area contributed by atoms with Gasteiger partial charge in [0.05, 0.1) is 24.3 Å². The van der Waals surface area contributed by atoms with Crippen LogP contribution >= 0.6 is 11.6 Å². The van der Waals surface area contributed by atoms with Crippen LogP contribution < -0.4 is 10.1 Å². The Morgan fingerprint density at radius 2 is 1.94 bits per heavy atom. The van der Waals surface area contributed by atoms with Crippen molar-refractivity contribution >= 4 is 23.5 Å². The molecule has 2 aromatic rings. The van der Waals surface area contributed by atoms with Crippen LogP contribution in [-0.2, 0) is 17.5 Å². The fraction of sp³-hybridized carbons (Fsp3) is 0.417. The highest BCUT2D eigenvalue weighted by atomic mass is 35.5. The molecule has 188 valence electrons. The topological polar surface area (TPSA) is 82.1 Å². The molecule has 4 rings (SSSR count). The molecule has 2 N–H and O–H groups in total. The van der Waals surface area contributed by atoms with E-state index in [1.165, 1.54) is 15.9 Å². The molecule has 0 bridgehead atoms. The Bertz CT molecular complexity index is 1100. The predicted molar refractivity (Wildman–Crippen MR) is 122 cm³/mol. The normalized spacial score (nSPS) is 21.8. The zero-order chi connectivity index (χ0) is 25.3. The number of halogens is 4. The number of carbonyl (C=O) groups excluding carboxylic acids is 2. The fourth-order valence-corrected chi connectivity index (χ4v) is 4.54. The Morgan fingerprint density at radius 1 is 1.23 bits per heavy atom. The number of alkyl halides is 3. The van der Waals surface area contributed by atoms with Crippen LogP contribution in [0.25, 0.3) is 0 Å². The molecule has 11 heteroatoms. The van der Waals surface area contributed by atoms with E-state index in [1.807, 2.05) is 0 Å². The maximum atomic E-state index is 13.1. The summed E-state index contributed by atoms with van der Waals surface area (Å²) in [7, 11) is 1.62. The predicted octanol–water partition coefficient (Wildman–Crippen LogP) is 3.99. The van der Waals surface area contributed by atoms with Crippen molar-refractivity contribution in [2.45, 2.75) is 43.8 Å². The van der Waals surface area contributed by atoms with Crippen molar-refractivity contribution in [3.05, 3.63) is 64.2 Å². The van der Waals surface area contributed by atoms with E-state index in [-0.39, 0.29) is 31.2 Å². The van der Waals surface area contributed by atoms with Crippen LogP contribution in [0, 0.1) is 0 Å². The number of nitrogens with one attached hydrogen (secondary N) is 1. The third kappa shape index (κ3) is 5.65. The highest BCUT2D eigenvalue weighted by molar-refractivity contribution is 6.30. The minimum atomic E-state index is -4.51. The van der Waals surface area contributed by atoms with Gasteiger partial charge in [-0.05, 0) is 29.8 Å². The number of aliphatic hydroxyl groups excluding tert-OH is 1. The van der Waals surface area contributed by atoms with E-state index in [0.717, 1.165) is 17.7 Å². The van der Waals surface area contributed by atoms with Gasteiger partial charge in [0.25, 0.3) is 0 Å². The summed E-state index contributed by atoms with van der Waals surface area (Å²) in [6, 6.07) is 8.18. The first-order valence-corrected chi connectivity index (χ1v) is 11.5. The summed E-state index contributed by atoms with van der Waals surface area (Å²) >= 11 is 5.91. The van der Waals surface area contributed by atoms with E-state index in [4.69, 9.17) is 16.3 Å². The number of ether oxygens (including phenoxy) is 1. The van der Waals surface area contributed by atoms with Crippen molar-refractivity contribution < 1.29 is 32.6 Å². The van der Waals surface area contributed by atoms with Gasteiger partial charge < -0.3 is 25.0 Å². The van der Waals surface area contributed by atoms with E-state index in [2.05, 4.69) is 5.32 Å². The number of hydrogen-bond acceptors (Lipinski definition) is 4. The molecule has 0 saturated carbocycles. The summed E-state index contributed by atoms with van der Waals surface area (Å²) in [6.45, 7) is 0.404. The third-order valence-electron chi connectivity index (χ3n) is 6.21. The first-order valence-electron chi connectivity index (χ1n) is 11.1. The molecule has 2 aliphatic heterocycles. The lowest BCUT2D eigenvalue weighted by atomic mass is 9.98. The molecule has 2 heterocycles. The smallest absolute Gasteiger partial charge is 0.416 e. The Labute approximate surface area is 205 Å². The van der Waals surface area contributed by atoms with Crippen LogP contribution in [0.3, 0.4) is 0 Å². The molecule has 0 aliphatic carbocycles. The maximum absolute atomic E-state index is 13.1. The number of aliphatic hydroxyl groups is 1. The molecule has 0 radical (unpaired) electrons. The second-order valence-corrected chi connectivity index (χ2v) is 9.20. The first kappa shape index (κ1) is 25.1. The molecule has 0 spiro atoms. The summed E-state index contributed by atoms with van der Waals surface area (Å²) in [5.74, 6) is -0.262. The lowest BCUT2D eigenvalue weighted by Crippen LogP contribution is -2.50. The highest BCUT2D eigenvalue weighted by Gasteiger charge is 2.41. The zero-order valence-electron chi connectivity index (χ0n) is 18.9. The van der Waals surface area contributed by atoms with Crippen molar-refractivity contribution in [2.24, 2.45) is 0 Å². The van der Waals surface area contributed by atoms with Gasteiger partial charge in [0.15, 0.2) is 0 Å². The van der Waals surface area contributed by atoms with E-state index in [0.29, 0.717) is 23.6 Å². The van der Waals surface area contributed by atoms with E-state index >= 15 is 0 Å². The number of amides is 3. The molecule has 35 heavy (non-hydrogen) atoms. The maximum Gasteiger partial charge on any atom is 0.416 e. The second kappa shape index (κ2) is 9.94. The summed E-state index contributed by atoms with van der Waals surface area (Å²) in [5, 5.41) is 13.6. The summed E-state index contributed by atoms with van der Waals surface area (Å²) in [4.78, 5) is 29.0. The van der Waals surface area contributed by atoms with Gasteiger partial charge in [-0.2, -0.15) is 13.2 Å². The van der Waals surface area contributed by atoms with Crippen molar-refractivity contribution in [1.82, 2.24) is 15.1 Å². The molecule has 3 atom stereocenters. The molecule has 3 amide bonds. The average molecular weight is 512 g/mol.